The molecule has 1 aliphatic rings. The molecule has 1 atom stereocenters. The highest BCUT2D eigenvalue weighted by Crippen LogP contribution is 2.48. The monoisotopic (exact) mass is 445 g/mol. The minimum Gasteiger partial charge on any atom is -0.340 e. The molecule has 5 rings (SSSR count). The van der Waals surface area contributed by atoms with Gasteiger partial charge in [-0.05, 0) is 19.1 Å². The fraction of sp³-hybridized carbons (Fsp3) is 0.167. The van der Waals surface area contributed by atoms with E-state index in [1.807, 2.05) is 6.92 Å². The van der Waals surface area contributed by atoms with Gasteiger partial charge in [-0.25, -0.2) is 15.0 Å². The maximum Gasteiger partial charge on any atom is 0.235 e. The van der Waals surface area contributed by atoms with Gasteiger partial charge in [0, 0.05) is 21.2 Å². The maximum absolute atomic E-state index is 12.5. The van der Waals surface area contributed by atoms with E-state index in [1.165, 1.54) is 18.1 Å². The smallest absolute Gasteiger partial charge is 0.235 e. The first kappa shape index (κ1) is 18.4. The predicted molar refractivity (Wildman–Crippen MR) is 113 cm³/mol. The molecule has 0 saturated heterocycles. The van der Waals surface area contributed by atoms with Crippen molar-refractivity contribution in [2.24, 2.45) is 0 Å². The van der Waals surface area contributed by atoms with Crippen molar-refractivity contribution in [2.75, 3.05) is 11.1 Å². The fourth-order valence-electron chi connectivity index (χ4n) is 3.44. The molecule has 3 aromatic heterocycles. The van der Waals surface area contributed by atoms with Crippen LogP contribution >= 0.6 is 35.0 Å². The molecule has 4 aromatic rings. The Morgan fingerprint density at radius 3 is 2.76 bits per heavy atom. The summed E-state index contributed by atoms with van der Waals surface area (Å²) in [4.78, 5) is 28.2. The summed E-state index contributed by atoms with van der Waals surface area (Å²) in [6.07, 6.45) is 2.95. The van der Waals surface area contributed by atoms with Crippen LogP contribution in [0.25, 0.3) is 17.0 Å². The lowest BCUT2D eigenvalue weighted by atomic mass is 10.0. The zero-order valence-electron chi connectivity index (χ0n) is 15.0. The number of amides is 1. The molecule has 4 heterocycles. The molecule has 8 nitrogen and oxygen atoms in total. The lowest BCUT2D eigenvalue weighted by molar-refractivity contribution is -0.113. The van der Waals surface area contributed by atoms with Crippen molar-refractivity contribution in [3.05, 3.63) is 57.7 Å². The summed E-state index contributed by atoms with van der Waals surface area (Å²) in [6, 6.07) is 5.38. The Balaban J connectivity index is 1.77. The number of anilines is 1. The zero-order chi connectivity index (χ0) is 20.1. The molecule has 29 heavy (non-hydrogen) atoms. The number of aromatic nitrogens is 6. The van der Waals surface area contributed by atoms with Gasteiger partial charge in [0.1, 0.15) is 17.7 Å². The molecular weight excluding hydrogens is 433 g/mol. The number of nitrogens with one attached hydrogen (secondary N) is 2. The third kappa shape index (κ3) is 2.97. The van der Waals surface area contributed by atoms with Gasteiger partial charge in [0.15, 0.2) is 11.5 Å². The van der Waals surface area contributed by atoms with Crippen LogP contribution in [0.2, 0.25) is 10.0 Å². The number of thioether (sulfide) groups is 1. The van der Waals surface area contributed by atoms with Crippen molar-refractivity contribution >= 4 is 57.9 Å². The van der Waals surface area contributed by atoms with E-state index in [1.54, 1.807) is 29.2 Å². The normalized spacial score (nSPS) is 16.5. The van der Waals surface area contributed by atoms with Crippen molar-refractivity contribution in [1.82, 2.24) is 29.7 Å². The molecule has 0 saturated carbocycles. The van der Waals surface area contributed by atoms with Crippen LogP contribution in [-0.2, 0) is 4.79 Å². The Kier molecular flexibility index (Phi) is 4.45. The number of H-pyrrole nitrogens is 1. The van der Waals surface area contributed by atoms with Gasteiger partial charge in [-0.15, -0.1) is 11.8 Å². The summed E-state index contributed by atoms with van der Waals surface area (Å²) < 4.78 is 1.61. The number of imidazole rings is 1. The summed E-state index contributed by atoms with van der Waals surface area (Å²) in [6.45, 7) is 1.89. The second-order valence-electron chi connectivity index (χ2n) is 6.43. The number of benzene rings is 1. The fourth-order valence-corrected chi connectivity index (χ4v) is 5.44. The number of hydrogen-bond donors (Lipinski definition) is 2. The highest BCUT2D eigenvalue weighted by molar-refractivity contribution is 8.00. The van der Waals surface area contributed by atoms with Crippen LogP contribution < -0.4 is 5.32 Å². The van der Waals surface area contributed by atoms with Crippen LogP contribution in [0.4, 0.5) is 5.82 Å². The Bertz CT molecular complexity index is 1250. The van der Waals surface area contributed by atoms with E-state index in [0.717, 1.165) is 16.8 Å². The van der Waals surface area contributed by atoms with Crippen LogP contribution in [0.5, 0.6) is 0 Å². The van der Waals surface area contributed by atoms with Gasteiger partial charge >= 0.3 is 0 Å². The highest BCUT2D eigenvalue weighted by atomic mass is 35.5. The van der Waals surface area contributed by atoms with Crippen molar-refractivity contribution in [3.8, 4) is 5.82 Å². The number of fused-ring (bicyclic) bond motifs is 2. The van der Waals surface area contributed by atoms with Gasteiger partial charge in [-0.2, -0.15) is 9.78 Å². The second-order valence-corrected chi connectivity index (χ2v) is 8.34. The largest absolute Gasteiger partial charge is 0.340 e. The third-order valence-corrected chi connectivity index (χ3v) is 6.57. The number of carbonyl (C=O) groups is 1. The SMILES string of the molecule is Cc1nn(-c2ncnc3nc[nH]c23)c2c1[C@@H](c1c(Cl)cccc1Cl)SCC(=O)N2. The van der Waals surface area contributed by atoms with E-state index in [0.29, 0.717) is 32.8 Å². The molecule has 0 radical (unpaired) electrons. The molecule has 0 bridgehead atoms. The van der Waals surface area contributed by atoms with Gasteiger partial charge in [-0.3, -0.25) is 4.79 Å². The summed E-state index contributed by atoms with van der Waals surface area (Å²) in [5, 5.41) is 8.45. The minimum atomic E-state index is -0.266. The molecule has 1 aliphatic heterocycles. The topological polar surface area (TPSA) is 101 Å². The average Bonchev–Trinajstić information content (AvgIpc) is 3.24. The summed E-state index contributed by atoms with van der Waals surface area (Å²) >= 11 is 14.4. The molecule has 146 valence electrons. The average molecular weight is 446 g/mol. The number of carbonyl (C=O) groups excluding carboxylic acids is 1. The zero-order valence-corrected chi connectivity index (χ0v) is 17.3. The molecular formula is C18H13Cl2N7OS. The van der Waals surface area contributed by atoms with Crippen LogP contribution in [0.15, 0.2) is 30.9 Å². The van der Waals surface area contributed by atoms with Crippen LogP contribution in [0, 0.1) is 6.92 Å². The van der Waals surface area contributed by atoms with Gasteiger partial charge < -0.3 is 10.3 Å². The molecule has 0 unspecified atom stereocenters. The van der Waals surface area contributed by atoms with Gasteiger partial charge in [0.25, 0.3) is 0 Å². The molecule has 0 spiro atoms. The number of halogens is 2. The molecule has 0 fully saturated rings. The van der Waals surface area contributed by atoms with E-state index in [4.69, 9.17) is 23.2 Å². The van der Waals surface area contributed by atoms with Crippen LogP contribution in [-0.4, -0.2) is 41.4 Å². The summed E-state index contributed by atoms with van der Waals surface area (Å²) in [7, 11) is 0. The van der Waals surface area contributed by atoms with Gasteiger partial charge in [0.2, 0.25) is 5.91 Å². The molecule has 1 aromatic carbocycles. The van der Waals surface area contributed by atoms with E-state index < -0.39 is 0 Å². The first-order valence-corrected chi connectivity index (χ1v) is 10.4. The standard InChI is InChI=1S/C18H13Cl2N7OS/c1-8-12-15(13-9(19)3-2-4-10(13)20)29-5-11(28)25-17(12)27(26-8)18-14-16(22-6-21-14)23-7-24-18/h2-4,6-7,15H,5H2,1H3,(H,25,28)(H,21,22,23,24)/t15-/m0/s1. The first-order valence-electron chi connectivity index (χ1n) is 8.64. The van der Waals surface area contributed by atoms with Gasteiger partial charge in [0.05, 0.1) is 23.0 Å². The van der Waals surface area contributed by atoms with E-state index in [-0.39, 0.29) is 16.9 Å². The van der Waals surface area contributed by atoms with E-state index in [2.05, 4.69) is 30.4 Å². The number of aromatic amines is 1. The van der Waals surface area contributed by atoms with Crippen molar-refractivity contribution in [2.45, 2.75) is 12.2 Å². The van der Waals surface area contributed by atoms with E-state index >= 15 is 0 Å². The van der Waals surface area contributed by atoms with Gasteiger partial charge in [-0.1, -0.05) is 29.3 Å². The van der Waals surface area contributed by atoms with Crippen molar-refractivity contribution in [3.63, 3.8) is 0 Å². The van der Waals surface area contributed by atoms with Crippen LogP contribution in [0.3, 0.4) is 0 Å². The Hall–Kier alpha value is -2.62. The Labute approximate surface area is 179 Å². The number of aryl methyl sites for hydroxylation is 1. The summed E-state index contributed by atoms with van der Waals surface area (Å²) in [5.74, 6) is 1.14. The number of nitrogens with zero attached hydrogens (tertiary/aromatic N) is 5. The molecule has 0 aliphatic carbocycles. The first-order chi connectivity index (χ1) is 14.0. The Morgan fingerprint density at radius 1 is 1.17 bits per heavy atom. The van der Waals surface area contributed by atoms with E-state index in [9.17, 15) is 4.79 Å². The number of rotatable bonds is 2. The van der Waals surface area contributed by atoms with Crippen molar-refractivity contribution in [1.29, 1.82) is 0 Å². The summed E-state index contributed by atoms with van der Waals surface area (Å²) in [5.41, 5.74) is 3.47. The molecule has 2 N–H and O–H groups in total. The third-order valence-electron chi connectivity index (χ3n) is 4.67. The lowest BCUT2D eigenvalue weighted by Crippen LogP contribution is -2.16. The Morgan fingerprint density at radius 2 is 1.97 bits per heavy atom. The van der Waals surface area contributed by atoms with Crippen molar-refractivity contribution < 1.29 is 4.79 Å². The molecule has 11 heteroatoms. The maximum atomic E-state index is 12.5. The quantitative estimate of drug-likeness (QED) is 0.484. The predicted octanol–water partition coefficient (Wildman–Crippen LogP) is 3.93. The molecule has 1 amide bonds. The minimum absolute atomic E-state index is 0.141. The highest BCUT2D eigenvalue weighted by Gasteiger charge is 2.33. The lowest BCUT2D eigenvalue weighted by Gasteiger charge is -2.18. The van der Waals surface area contributed by atoms with Crippen LogP contribution in [0.1, 0.15) is 22.1 Å². The number of hydrogen-bond acceptors (Lipinski definition) is 6. The second kappa shape index (κ2) is 7.01.